The molecule has 7 nitrogen and oxygen atoms in total. The summed E-state index contributed by atoms with van der Waals surface area (Å²) in [7, 11) is 0. The van der Waals surface area contributed by atoms with Crippen molar-refractivity contribution < 1.29 is 14.4 Å². The Labute approximate surface area is 187 Å². The molecule has 3 amide bonds. The van der Waals surface area contributed by atoms with E-state index < -0.39 is 11.9 Å². The van der Waals surface area contributed by atoms with Crippen LogP contribution in [0.2, 0.25) is 0 Å². The SMILES string of the molecule is CCCCCCCCCCCC(=O)N[C@H](CCC(N)=O)C(=O)NCc1ncccc1C. The van der Waals surface area contributed by atoms with Gasteiger partial charge in [0.05, 0.1) is 12.2 Å². The summed E-state index contributed by atoms with van der Waals surface area (Å²) in [5.74, 6) is -0.986. The van der Waals surface area contributed by atoms with E-state index in [0.717, 1.165) is 30.5 Å². The molecule has 0 aliphatic heterocycles. The van der Waals surface area contributed by atoms with Crippen molar-refractivity contribution in [3.63, 3.8) is 0 Å². The van der Waals surface area contributed by atoms with E-state index in [-0.39, 0.29) is 31.2 Å². The van der Waals surface area contributed by atoms with E-state index in [1.807, 2.05) is 19.1 Å². The Hall–Kier alpha value is -2.44. The van der Waals surface area contributed by atoms with Gasteiger partial charge < -0.3 is 16.4 Å². The van der Waals surface area contributed by atoms with Gasteiger partial charge in [-0.05, 0) is 31.4 Å². The van der Waals surface area contributed by atoms with Crippen LogP contribution in [0.25, 0.3) is 0 Å². The van der Waals surface area contributed by atoms with Crippen molar-refractivity contribution in [2.45, 2.75) is 103 Å². The highest BCUT2D eigenvalue weighted by Crippen LogP contribution is 2.11. The molecule has 1 rings (SSSR count). The zero-order valence-corrected chi connectivity index (χ0v) is 19.3. The molecule has 1 heterocycles. The Morgan fingerprint density at radius 3 is 2.26 bits per heavy atom. The predicted molar refractivity (Wildman–Crippen MR) is 123 cm³/mol. The van der Waals surface area contributed by atoms with Crippen LogP contribution in [0.3, 0.4) is 0 Å². The zero-order valence-electron chi connectivity index (χ0n) is 19.3. The van der Waals surface area contributed by atoms with E-state index in [9.17, 15) is 14.4 Å². The number of primary amides is 1. The van der Waals surface area contributed by atoms with E-state index in [1.165, 1.54) is 38.5 Å². The Morgan fingerprint density at radius 1 is 1.00 bits per heavy atom. The maximum Gasteiger partial charge on any atom is 0.242 e. The van der Waals surface area contributed by atoms with Gasteiger partial charge in [0.25, 0.3) is 0 Å². The van der Waals surface area contributed by atoms with Gasteiger partial charge in [-0.25, -0.2) is 0 Å². The van der Waals surface area contributed by atoms with Crippen LogP contribution in [-0.2, 0) is 20.9 Å². The average molecular weight is 433 g/mol. The molecular formula is C24H40N4O3. The van der Waals surface area contributed by atoms with Crippen LogP contribution in [-0.4, -0.2) is 28.7 Å². The average Bonchev–Trinajstić information content (AvgIpc) is 2.74. The normalized spacial score (nSPS) is 11.7. The monoisotopic (exact) mass is 432 g/mol. The maximum absolute atomic E-state index is 12.6. The molecule has 0 aliphatic rings. The van der Waals surface area contributed by atoms with E-state index in [0.29, 0.717) is 6.42 Å². The first-order chi connectivity index (χ1) is 14.9. The Balaban J connectivity index is 2.36. The third kappa shape index (κ3) is 12.8. The molecule has 0 saturated carbocycles. The molecule has 0 bridgehead atoms. The summed E-state index contributed by atoms with van der Waals surface area (Å²) in [6, 6.07) is 2.98. The summed E-state index contributed by atoms with van der Waals surface area (Å²) < 4.78 is 0. The summed E-state index contributed by atoms with van der Waals surface area (Å²) >= 11 is 0. The van der Waals surface area contributed by atoms with E-state index in [1.54, 1.807) is 6.20 Å². The van der Waals surface area contributed by atoms with Gasteiger partial charge in [-0.3, -0.25) is 19.4 Å². The molecule has 31 heavy (non-hydrogen) atoms. The van der Waals surface area contributed by atoms with Crippen LogP contribution in [0.1, 0.15) is 95.2 Å². The van der Waals surface area contributed by atoms with Crippen molar-refractivity contribution in [1.82, 2.24) is 15.6 Å². The lowest BCUT2D eigenvalue weighted by atomic mass is 10.1. The number of nitrogens with two attached hydrogens (primary N) is 1. The minimum atomic E-state index is -0.775. The summed E-state index contributed by atoms with van der Waals surface area (Å²) in [6.45, 7) is 4.41. The second-order valence-electron chi connectivity index (χ2n) is 8.19. The third-order valence-electron chi connectivity index (χ3n) is 5.39. The van der Waals surface area contributed by atoms with Crippen LogP contribution in [0.4, 0.5) is 0 Å². The summed E-state index contributed by atoms with van der Waals surface area (Å²) in [5.41, 5.74) is 6.97. The molecule has 0 saturated heterocycles. The highest BCUT2D eigenvalue weighted by atomic mass is 16.2. The Morgan fingerprint density at radius 2 is 1.65 bits per heavy atom. The molecule has 1 aromatic rings. The van der Waals surface area contributed by atoms with Crippen LogP contribution in [0.5, 0.6) is 0 Å². The molecule has 0 aliphatic carbocycles. The number of carbonyl (C=O) groups excluding carboxylic acids is 3. The summed E-state index contributed by atoms with van der Waals surface area (Å²) in [6.07, 6.45) is 12.9. The fraction of sp³-hybridized carbons (Fsp3) is 0.667. The number of pyridine rings is 1. The molecule has 0 fully saturated rings. The quantitative estimate of drug-likeness (QED) is 0.326. The predicted octanol–water partition coefficient (Wildman–Crippen LogP) is 3.68. The fourth-order valence-corrected chi connectivity index (χ4v) is 3.42. The number of rotatable bonds is 17. The molecule has 7 heteroatoms. The topological polar surface area (TPSA) is 114 Å². The van der Waals surface area contributed by atoms with Crippen molar-refractivity contribution >= 4 is 17.7 Å². The molecule has 1 atom stereocenters. The van der Waals surface area contributed by atoms with Gasteiger partial charge in [-0.2, -0.15) is 0 Å². The maximum atomic E-state index is 12.6. The minimum absolute atomic E-state index is 0.0407. The highest BCUT2D eigenvalue weighted by Gasteiger charge is 2.21. The first kappa shape index (κ1) is 26.6. The van der Waals surface area contributed by atoms with Crippen LogP contribution >= 0.6 is 0 Å². The number of nitrogens with one attached hydrogen (secondary N) is 2. The lowest BCUT2D eigenvalue weighted by molar-refractivity contribution is -0.129. The van der Waals surface area contributed by atoms with Gasteiger partial charge in [0.1, 0.15) is 6.04 Å². The number of unbranched alkanes of at least 4 members (excludes halogenated alkanes) is 8. The molecule has 0 radical (unpaired) electrons. The smallest absolute Gasteiger partial charge is 0.242 e. The number of hydrogen-bond donors (Lipinski definition) is 3. The number of carbonyl (C=O) groups is 3. The summed E-state index contributed by atoms with van der Waals surface area (Å²) in [4.78, 5) is 40.3. The third-order valence-corrected chi connectivity index (χ3v) is 5.39. The van der Waals surface area contributed by atoms with Crippen molar-refractivity contribution in [1.29, 1.82) is 0 Å². The van der Waals surface area contributed by atoms with Crippen LogP contribution in [0.15, 0.2) is 18.3 Å². The molecule has 4 N–H and O–H groups in total. The Kier molecular flexibility index (Phi) is 14.0. The molecular weight excluding hydrogens is 392 g/mol. The van der Waals surface area contributed by atoms with Gasteiger partial charge >= 0.3 is 0 Å². The van der Waals surface area contributed by atoms with E-state index >= 15 is 0 Å². The first-order valence-corrected chi connectivity index (χ1v) is 11.7. The van der Waals surface area contributed by atoms with Gasteiger partial charge in [0.2, 0.25) is 17.7 Å². The Bertz CT molecular complexity index is 679. The van der Waals surface area contributed by atoms with Crippen LogP contribution < -0.4 is 16.4 Å². The van der Waals surface area contributed by atoms with Gasteiger partial charge in [-0.15, -0.1) is 0 Å². The molecule has 174 valence electrons. The summed E-state index contributed by atoms with van der Waals surface area (Å²) in [5, 5.41) is 5.57. The number of nitrogens with zero attached hydrogens (tertiary/aromatic N) is 1. The van der Waals surface area contributed by atoms with Gasteiger partial charge in [0, 0.05) is 19.0 Å². The van der Waals surface area contributed by atoms with Crippen molar-refractivity contribution in [2.24, 2.45) is 5.73 Å². The second-order valence-corrected chi connectivity index (χ2v) is 8.19. The number of aromatic nitrogens is 1. The first-order valence-electron chi connectivity index (χ1n) is 11.7. The molecule has 0 aromatic carbocycles. The highest BCUT2D eigenvalue weighted by molar-refractivity contribution is 5.88. The van der Waals surface area contributed by atoms with Gasteiger partial charge in [-0.1, -0.05) is 64.4 Å². The number of amides is 3. The minimum Gasteiger partial charge on any atom is -0.370 e. The van der Waals surface area contributed by atoms with E-state index in [4.69, 9.17) is 5.73 Å². The second kappa shape index (κ2) is 16.3. The standard InChI is InChI=1S/C24H40N4O3/c1-3-4-5-6-7-8-9-10-11-14-23(30)28-20(15-16-22(25)29)24(31)27-18-21-19(2)13-12-17-26-21/h12-13,17,20H,3-11,14-16,18H2,1-2H3,(H2,25,29)(H,27,31)(H,28,30)/t20-/m1/s1. The molecule has 0 unspecified atom stereocenters. The van der Waals surface area contributed by atoms with E-state index in [2.05, 4.69) is 22.5 Å². The fourth-order valence-electron chi connectivity index (χ4n) is 3.42. The van der Waals surface area contributed by atoms with Crippen molar-refractivity contribution in [3.8, 4) is 0 Å². The molecule has 0 spiro atoms. The lowest BCUT2D eigenvalue weighted by Gasteiger charge is -2.18. The van der Waals surface area contributed by atoms with Gasteiger partial charge in [0.15, 0.2) is 0 Å². The van der Waals surface area contributed by atoms with Crippen molar-refractivity contribution in [2.75, 3.05) is 0 Å². The van der Waals surface area contributed by atoms with Crippen LogP contribution in [0, 0.1) is 6.92 Å². The zero-order chi connectivity index (χ0) is 22.9. The number of hydrogen-bond acceptors (Lipinski definition) is 4. The van der Waals surface area contributed by atoms with Crippen molar-refractivity contribution in [3.05, 3.63) is 29.6 Å². The number of aryl methyl sites for hydroxylation is 1. The lowest BCUT2D eigenvalue weighted by Crippen LogP contribution is -2.47. The largest absolute Gasteiger partial charge is 0.370 e. The molecule has 1 aromatic heterocycles.